The molecule has 0 bridgehead atoms. The Bertz CT molecular complexity index is 1530. The number of aromatic hydroxyl groups is 1. The van der Waals surface area contributed by atoms with E-state index in [1.807, 2.05) is 67.6 Å². The molecule has 1 saturated heterocycles. The topological polar surface area (TPSA) is 168 Å². The zero-order chi connectivity index (χ0) is 32.7. The Morgan fingerprint density at radius 2 is 1.51 bits per heavy atom. The Balaban J connectivity index is 1.49. The highest BCUT2D eigenvalue weighted by molar-refractivity contribution is 6.32. The summed E-state index contributed by atoms with van der Waals surface area (Å²) in [5, 5.41) is 15.8. The average molecular weight is 634 g/mol. The van der Waals surface area contributed by atoms with Crippen LogP contribution < -0.4 is 22.1 Å². The Kier molecular flexibility index (Phi) is 11.2. The number of nitrogens with one attached hydrogen (secondary N) is 2. The van der Waals surface area contributed by atoms with Gasteiger partial charge in [0, 0.05) is 19.4 Å². The number of aryl methyl sites for hydroxylation is 1. The van der Waals surface area contributed by atoms with Crippen LogP contribution in [0, 0.1) is 13.8 Å². The molecule has 4 atom stereocenters. The van der Waals surface area contributed by atoms with Gasteiger partial charge in [-0.1, -0.05) is 72.3 Å². The number of halogens is 1. The zero-order valence-electron chi connectivity index (χ0n) is 25.5. The maximum Gasteiger partial charge on any atom is 0.243 e. The van der Waals surface area contributed by atoms with Crippen molar-refractivity contribution in [2.75, 3.05) is 6.54 Å². The Labute approximate surface area is 268 Å². The van der Waals surface area contributed by atoms with Gasteiger partial charge in [-0.15, -0.1) is 0 Å². The Morgan fingerprint density at radius 3 is 2.09 bits per heavy atom. The fraction of sp³-hybridized carbons (Fsp3) is 0.353. The maximum absolute atomic E-state index is 13.7. The van der Waals surface area contributed by atoms with E-state index in [0.29, 0.717) is 24.9 Å². The molecule has 0 aromatic heterocycles. The van der Waals surface area contributed by atoms with Crippen molar-refractivity contribution >= 4 is 35.2 Å². The van der Waals surface area contributed by atoms with Crippen LogP contribution in [0.25, 0.3) is 0 Å². The first-order chi connectivity index (χ1) is 21.5. The van der Waals surface area contributed by atoms with Crippen LogP contribution in [0.1, 0.15) is 40.7 Å². The summed E-state index contributed by atoms with van der Waals surface area (Å²) in [6.07, 6.45) is 1.54. The van der Waals surface area contributed by atoms with Gasteiger partial charge in [-0.2, -0.15) is 0 Å². The third kappa shape index (κ3) is 8.40. The predicted molar refractivity (Wildman–Crippen MR) is 172 cm³/mol. The molecule has 0 spiro atoms. The van der Waals surface area contributed by atoms with Gasteiger partial charge in [0.05, 0.1) is 11.1 Å². The highest BCUT2D eigenvalue weighted by Gasteiger charge is 2.38. The molecule has 0 radical (unpaired) electrons. The molecule has 0 aliphatic carbocycles. The van der Waals surface area contributed by atoms with E-state index in [-0.39, 0.29) is 30.0 Å². The van der Waals surface area contributed by atoms with Gasteiger partial charge in [0.15, 0.2) is 0 Å². The van der Waals surface area contributed by atoms with Crippen LogP contribution in [0.5, 0.6) is 5.75 Å². The average Bonchev–Trinajstić information content (AvgIpc) is 3.52. The SMILES string of the molecule is Cc1cc(O)c(Cl)c(C)c1C[C@H](N)C(=O)N1CCC[C@H]1C(=O)N[C@@H](Cc1ccccc1)C(=O)N[C@@H](Cc1ccccc1)C(N)=O. The van der Waals surface area contributed by atoms with Gasteiger partial charge in [0.1, 0.15) is 23.9 Å². The lowest BCUT2D eigenvalue weighted by Crippen LogP contribution is -2.58. The molecule has 0 saturated carbocycles. The molecule has 7 N–H and O–H groups in total. The summed E-state index contributed by atoms with van der Waals surface area (Å²) in [7, 11) is 0. The number of primary amides is 1. The minimum absolute atomic E-state index is 0.0390. The van der Waals surface area contributed by atoms with Crippen molar-refractivity contribution in [2.24, 2.45) is 11.5 Å². The molecule has 4 amide bonds. The lowest BCUT2D eigenvalue weighted by atomic mass is 9.95. The number of nitrogens with zero attached hydrogens (tertiary/aromatic N) is 1. The number of carbonyl (C=O) groups is 4. The molecule has 3 aromatic rings. The molecule has 238 valence electrons. The summed E-state index contributed by atoms with van der Waals surface area (Å²) in [6, 6.07) is 16.1. The monoisotopic (exact) mass is 633 g/mol. The van der Waals surface area contributed by atoms with Gasteiger partial charge in [0.25, 0.3) is 0 Å². The van der Waals surface area contributed by atoms with E-state index in [9.17, 15) is 24.3 Å². The van der Waals surface area contributed by atoms with Crippen molar-refractivity contribution in [1.29, 1.82) is 0 Å². The Morgan fingerprint density at radius 1 is 0.933 bits per heavy atom. The van der Waals surface area contributed by atoms with Gasteiger partial charge in [-0.05, 0) is 67.0 Å². The zero-order valence-corrected chi connectivity index (χ0v) is 26.2. The molecule has 1 aliphatic heterocycles. The largest absolute Gasteiger partial charge is 0.506 e. The van der Waals surface area contributed by atoms with Gasteiger partial charge in [-0.3, -0.25) is 19.2 Å². The molecule has 1 fully saturated rings. The molecule has 45 heavy (non-hydrogen) atoms. The summed E-state index contributed by atoms with van der Waals surface area (Å²) >= 11 is 6.23. The van der Waals surface area contributed by atoms with Crippen LogP contribution in [0.4, 0.5) is 0 Å². The van der Waals surface area contributed by atoms with Gasteiger partial charge >= 0.3 is 0 Å². The number of phenols is 1. The van der Waals surface area contributed by atoms with Gasteiger partial charge in [-0.25, -0.2) is 0 Å². The summed E-state index contributed by atoms with van der Waals surface area (Å²) in [5.74, 6) is -2.17. The van der Waals surface area contributed by atoms with Crippen LogP contribution in [-0.4, -0.2) is 64.3 Å². The number of phenolic OH excluding ortho intramolecular Hbond substituents is 1. The molecule has 10 nitrogen and oxygen atoms in total. The summed E-state index contributed by atoms with van der Waals surface area (Å²) < 4.78 is 0. The molecule has 11 heteroatoms. The lowest BCUT2D eigenvalue weighted by molar-refractivity contribution is -0.140. The van der Waals surface area contributed by atoms with E-state index in [1.54, 1.807) is 6.92 Å². The molecule has 1 aliphatic rings. The van der Waals surface area contributed by atoms with Crippen molar-refractivity contribution in [2.45, 2.75) is 70.1 Å². The van der Waals surface area contributed by atoms with E-state index in [4.69, 9.17) is 23.1 Å². The molecule has 3 aromatic carbocycles. The molecular formula is C34H40ClN5O5. The second-order valence-corrected chi connectivity index (χ2v) is 11.9. The third-order valence-corrected chi connectivity index (χ3v) is 8.75. The predicted octanol–water partition coefficient (Wildman–Crippen LogP) is 2.46. The number of amides is 4. The molecule has 1 heterocycles. The number of likely N-dealkylation sites (tertiary alicyclic amines) is 1. The molecule has 0 unspecified atom stereocenters. The van der Waals surface area contributed by atoms with E-state index < -0.39 is 47.8 Å². The number of hydrogen-bond donors (Lipinski definition) is 5. The van der Waals surface area contributed by atoms with Gasteiger partial charge < -0.3 is 32.1 Å². The Hall–Kier alpha value is -4.41. The highest BCUT2D eigenvalue weighted by Crippen LogP contribution is 2.32. The van der Waals surface area contributed by atoms with Crippen molar-refractivity contribution in [1.82, 2.24) is 15.5 Å². The first-order valence-corrected chi connectivity index (χ1v) is 15.4. The normalized spacial score (nSPS) is 16.4. The number of benzene rings is 3. The number of rotatable bonds is 12. The van der Waals surface area contributed by atoms with E-state index in [1.165, 1.54) is 11.0 Å². The van der Waals surface area contributed by atoms with E-state index in [2.05, 4.69) is 10.6 Å². The lowest BCUT2D eigenvalue weighted by Gasteiger charge is -2.29. The van der Waals surface area contributed by atoms with Crippen LogP contribution in [0.15, 0.2) is 66.7 Å². The number of nitrogens with two attached hydrogens (primary N) is 2. The number of hydrogen-bond acceptors (Lipinski definition) is 6. The smallest absolute Gasteiger partial charge is 0.243 e. The fourth-order valence-corrected chi connectivity index (χ4v) is 5.95. The van der Waals surface area contributed by atoms with Crippen LogP contribution in [0.3, 0.4) is 0 Å². The molecular weight excluding hydrogens is 594 g/mol. The van der Waals surface area contributed by atoms with Crippen molar-refractivity contribution in [3.05, 3.63) is 99.6 Å². The second-order valence-electron chi connectivity index (χ2n) is 11.5. The van der Waals surface area contributed by atoms with Crippen molar-refractivity contribution < 1.29 is 24.3 Å². The minimum Gasteiger partial charge on any atom is -0.506 e. The summed E-state index contributed by atoms with van der Waals surface area (Å²) in [4.78, 5) is 54.6. The fourth-order valence-electron chi connectivity index (χ4n) is 5.79. The molecule has 4 rings (SSSR count). The first kappa shape index (κ1) is 33.5. The van der Waals surface area contributed by atoms with Crippen LogP contribution in [-0.2, 0) is 38.4 Å². The first-order valence-electron chi connectivity index (χ1n) is 15.0. The van der Waals surface area contributed by atoms with Crippen LogP contribution in [0.2, 0.25) is 5.02 Å². The van der Waals surface area contributed by atoms with Crippen LogP contribution >= 0.6 is 11.6 Å². The van der Waals surface area contributed by atoms with Crippen molar-refractivity contribution in [3.63, 3.8) is 0 Å². The summed E-state index contributed by atoms with van der Waals surface area (Å²) in [5.41, 5.74) is 15.8. The maximum atomic E-state index is 13.7. The summed E-state index contributed by atoms with van der Waals surface area (Å²) in [6.45, 7) is 3.91. The van der Waals surface area contributed by atoms with E-state index in [0.717, 1.165) is 22.3 Å². The quantitative estimate of drug-likeness (QED) is 0.205. The highest BCUT2D eigenvalue weighted by atomic mass is 35.5. The van der Waals surface area contributed by atoms with Crippen molar-refractivity contribution in [3.8, 4) is 5.75 Å². The second kappa shape index (κ2) is 15.0. The van der Waals surface area contributed by atoms with E-state index >= 15 is 0 Å². The van der Waals surface area contributed by atoms with Gasteiger partial charge in [0.2, 0.25) is 23.6 Å². The minimum atomic E-state index is -1.03. The standard InChI is InChI=1S/C34H40ClN5O5/c1-20-16-29(41)30(35)21(2)24(20)19-25(36)34(45)40-15-9-14-28(40)33(44)39-27(18-23-12-7-4-8-13-23)32(43)38-26(31(37)42)17-22-10-5-3-6-11-22/h3-8,10-13,16,25-28,41H,9,14-15,17-19,36H2,1-2H3,(H2,37,42)(H,38,43)(H,39,44)/t25-,26-,27-,28-/m0/s1. The number of carbonyl (C=O) groups excluding carboxylic acids is 4. The third-order valence-electron chi connectivity index (χ3n) is 8.27.